The number of benzene rings is 1. The fourth-order valence-electron chi connectivity index (χ4n) is 1.95. The van der Waals surface area contributed by atoms with Gasteiger partial charge in [0.05, 0.1) is 41.6 Å². The lowest BCUT2D eigenvalue weighted by Crippen LogP contribution is -2.15. The Hall–Kier alpha value is -3.02. The van der Waals surface area contributed by atoms with Gasteiger partial charge in [0.2, 0.25) is 5.91 Å². The third-order valence-electron chi connectivity index (χ3n) is 3.11. The standard InChI is InChI=1S/C13H12BrN5O6/c1-25-11-6-8(18(21)22)2-3-10(11)15-12(20)4-5-17-7-9(14)13(16-17)19(23)24/h2-3,6-7H,4-5H2,1H3,(H,15,20). The third-order valence-corrected chi connectivity index (χ3v) is 3.67. The van der Waals surface area contributed by atoms with E-state index in [1.54, 1.807) is 0 Å². The number of carbonyl (C=O) groups excluding carboxylic acids is 1. The average Bonchev–Trinajstić information content (AvgIpc) is 2.94. The Morgan fingerprint density at radius 2 is 2.08 bits per heavy atom. The molecule has 11 nitrogen and oxygen atoms in total. The molecule has 0 fully saturated rings. The molecular formula is C13H12BrN5O6. The highest BCUT2D eigenvalue weighted by Crippen LogP contribution is 2.29. The molecule has 0 aliphatic carbocycles. The molecular weight excluding hydrogens is 402 g/mol. The zero-order valence-corrected chi connectivity index (χ0v) is 14.4. The van der Waals surface area contributed by atoms with Crippen LogP contribution in [0.5, 0.6) is 5.75 Å². The molecule has 0 radical (unpaired) electrons. The summed E-state index contributed by atoms with van der Waals surface area (Å²) in [6, 6.07) is 3.81. The number of amides is 1. The summed E-state index contributed by atoms with van der Waals surface area (Å²) in [6.45, 7) is 0.119. The molecule has 2 rings (SSSR count). The summed E-state index contributed by atoms with van der Waals surface area (Å²) in [7, 11) is 1.33. The summed E-state index contributed by atoms with van der Waals surface area (Å²) < 4.78 is 6.52. The first kappa shape index (κ1) is 18.3. The average molecular weight is 414 g/mol. The number of hydrogen-bond acceptors (Lipinski definition) is 7. The largest absolute Gasteiger partial charge is 0.494 e. The highest BCUT2D eigenvalue weighted by atomic mass is 79.9. The van der Waals surface area contributed by atoms with Crippen LogP contribution in [0.4, 0.5) is 17.2 Å². The van der Waals surface area contributed by atoms with Crippen molar-refractivity contribution >= 4 is 39.0 Å². The third kappa shape index (κ3) is 4.50. The molecule has 0 aliphatic rings. The van der Waals surface area contributed by atoms with E-state index in [4.69, 9.17) is 4.74 Å². The van der Waals surface area contributed by atoms with Crippen LogP contribution in [0.1, 0.15) is 6.42 Å². The molecule has 132 valence electrons. The number of ether oxygens (including phenoxy) is 1. The summed E-state index contributed by atoms with van der Waals surface area (Å²) in [5, 5.41) is 27.8. The van der Waals surface area contributed by atoms with E-state index < -0.39 is 15.8 Å². The van der Waals surface area contributed by atoms with Gasteiger partial charge in [0, 0.05) is 12.5 Å². The lowest BCUT2D eigenvalue weighted by atomic mass is 10.2. The number of nitrogens with zero attached hydrogens (tertiary/aromatic N) is 4. The van der Waals surface area contributed by atoms with Crippen LogP contribution in [0.25, 0.3) is 0 Å². The fourth-order valence-corrected chi connectivity index (χ4v) is 2.41. The van der Waals surface area contributed by atoms with E-state index in [9.17, 15) is 25.0 Å². The van der Waals surface area contributed by atoms with Gasteiger partial charge in [-0.1, -0.05) is 0 Å². The number of hydrogen-bond donors (Lipinski definition) is 1. The van der Waals surface area contributed by atoms with E-state index >= 15 is 0 Å². The normalized spacial score (nSPS) is 10.3. The van der Waals surface area contributed by atoms with Crippen LogP contribution in [0.2, 0.25) is 0 Å². The number of carbonyl (C=O) groups is 1. The molecule has 0 unspecified atom stereocenters. The second-order valence-corrected chi connectivity index (χ2v) is 5.62. The quantitative estimate of drug-likeness (QED) is 0.542. The molecule has 12 heteroatoms. The van der Waals surface area contributed by atoms with Crippen molar-refractivity contribution in [3.05, 3.63) is 49.1 Å². The first-order valence-electron chi connectivity index (χ1n) is 6.81. The number of aromatic nitrogens is 2. The van der Waals surface area contributed by atoms with E-state index in [-0.39, 0.29) is 40.4 Å². The second-order valence-electron chi connectivity index (χ2n) is 4.76. The van der Waals surface area contributed by atoms with Crippen LogP contribution >= 0.6 is 15.9 Å². The Labute approximate surface area is 149 Å². The molecule has 1 aromatic carbocycles. The number of nitro benzene ring substituents is 1. The molecule has 0 saturated carbocycles. The number of halogens is 1. The first-order chi connectivity index (χ1) is 11.8. The minimum Gasteiger partial charge on any atom is -0.494 e. The van der Waals surface area contributed by atoms with E-state index in [1.165, 1.54) is 36.2 Å². The summed E-state index contributed by atoms with van der Waals surface area (Å²) in [5.41, 5.74) is 0.120. The maximum atomic E-state index is 12.0. The fraction of sp³-hybridized carbons (Fsp3) is 0.231. The molecule has 2 aromatic rings. The molecule has 1 amide bonds. The van der Waals surface area contributed by atoms with Crippen LogP contribution in [0, 0.1) is 20.2 Å². The summed E-state index contributed by atoms with van der Waals surface area (Å²) in [6.07, 6.45) is 1.39. The lowest BCUT2D eigenvalue weighted by molar-refractivity contribution is -0.390. The van der Waals surface area contributed by atoms with Gasteiger partial charge in [-0.15, -0.1) is 0 Å². The Bertz CT molecular complexity index is 836. The van der Waals surface area contributed by atoms with E-state index in [0.29, 0.717) is 0 Å². The molecule has 1 N–H and O–H groups in total. The molecule has 0 bridgehead atoms. The van der Waals surface area contributed by atoms with Crippen LogP contribution in [0.15, 0.2) is 28.9 Å². The lowest BCUT2D eigenvalue weighted by Gasteiger charge is -2.09. The van der Waals surface area contributed by atoms with Gasteiger partial charge < -0.3 is 20.2 Å². The van der Waals surface area contributed by atoms with Crippen LogP contribution in [-0.4, -0.2) is 32.6 Å². The first-order valence-corrected chi connectivity index (χ1v) is 7.60. The minimum absolute atomic E-state index is 0.00852. The maximum absolute atomic E-state index is 12.0. The van der Waals surface area contributed by atoms with Crippen molar-refractivity contribution in [2.45, 2.75) is 13.0 Å². The SMILES string of the molecule is COc1cc([N+](=O)[O-])ccc1NC(=O)CCn1cc(Br)c([N+](=O)[O-])n1. The minimum atomic E-state index is -0.637. The number of rotatable bonds is 7. The number of non-ortho nitro benzene ring substituents is 1. The smallest absolute Gasteiger partial charge is 0.404 e. The predicted octanol–water partition coefficient (Wildman–Crippen LogP) is 2.50. The van der Waals surface area contributed by atoms with Gasteiger partial charge in [-0.3, -0.25) is 14.9 Å². The molecule has 0 saturated heterocycles. The molecule has 0 atom stereocenters. The van der Waals surface area contributed by atoms with Crippen molar-refractivity contribution < 1.29 is 19.4 Å². The van der Waals surface area contributed by atoms with Gasteiger partial charge in [-0.2, -0.15) is 4.68 Å². The highest BCUT2D eigenvalue weighted by Gasteiger charge is 2.19. The van der Waals surface area contributed by atoms with Crippen LogP contribution in [0.3, 0.4) is 0 Å². The molecule has 1 heterocycles. The summed E-state index contributed by atoms with van der Waals surface area (Å²) >= 11 is 3.02. The van der Waals surface area contributed by atoms with Crippen molar-refractivity contribution in [3.63, 3.8) is 0 Å². The predicted molar refractivity (Wildman–Crippen MR) is 89.5 cm³/mol. The van der Waals surface area contributed by atoms with Gasteiger partial charge in [0.15, 0.2) is 0 Å². The zero-order valence-electron chi connectivity index (χ0n) is 12.8. The van der Waals surface area contributed by atoms with Crippen molar-refractivity contribution in [2.75, 3.05) is 12.4 Å². The number of nitrogens with one attached hydrogen (secondary N) is 1. The summed E-state index contributed by atoms with van der Waals surface area (Å²) in [4.78, 5) is 32.3. The molecule has 25 heavy (non-hydrogen) atoms. The Balaban J connectivity index is 2.02. The van der Waals surface area contributed by atoms with Crippen molar-refractivity contribution in [3.8, 4) is 5.75 Å². The number of methoxy groups -OCH3 is 1. The van der Waals surface area contributed by atoms with E-state index in [2.05, 4.69) is 26.3 Å². The molecule has 1 aromatic heterocycles. The number of aryl methyl sites for hydroxylation is 1. The van der Waals surface area contributed by atoms with Gasteiger partial charge in [-0.25, -0.2) is 0 Å². The van der Waals surface area contributed by atoms with Gasteiger partial charge >= 0.3 is 5.82 Å². The molecule has 0 aliphatic heterocycles. The number of nitro groups is 2. The second kappa shape index (κ2) is 7.70. The van der Waals surface area contributed by atoms with Crippen LogP contribution in [-0.2, 0) is 11.3 Å². The van der Waals surface area contributed by atoms with Crippen molar-refractivity contribution in [1.82, 2.24) is 9.78 Å². The topological polar surface area (TPSA) is 142 Å². The van der Waals surface area contributed by atoms with Crippen molar-refractivity contribution in [2.24, 2.45) is 0 Å². The Morgan fingerprint density at radius 1 is 1.36 bits per heavy atom. The summed E-state index contributed by atoms with van der Waals surface area (Å²) in [5.74, 6) is -0.584. The highest BCUT2D eigenvalue weighted by molar-refractivity contribution is 9.10. The van der Waals surface area contributed by atoms with E-state index in [0.717, 1.165) is 0 Å². The Morgan fingerprint density at radius 3 is 2.64 bits per heavy atom. The van der Waals surface area contributed by atoms with E-state index in [1.807, 2.05) is 0 Å². The Kier molecular flexibility index (Phi) is 5.64. The van der Waals surface area contributed by atoms with Crippen LogP contribution < -0.4 is 10.1 Å². The van der Waals surface area contributed by atoms with Crippen molar-refractivity contribution in [1.29, 1.82) is 0 Å². The number of anilines is 1. The van der Waals surface area contributed by atoms with Gasteiger partial charge in [0.1, 0.15) is 10.2 Å². The zero-order chi connectivity index (χ0) is 18.6. The maximum Gasteiger partial charge on any atom is 0.404 e. The van der Waals surface area contributed by atoms with Gasteiger partial charge in [0.25, 0.3) is 5.69 Å². The monoisotopic (exact) mass is 413 g/mol. The van der Waals surface area contributed by atoms with Gasteiger partial charge in [-0.05, 0) is 26.9 Å². The molecule has 0 spiro atoms.